The largest absolute Gasteiger partial charge is 0.549 e. The van der Waals surface area contributed by atoms with E-state index < -0.39 is 37.5 Å². The van der Waals surface area contributed by atoms with E-state index in [2.05, 4.69) is 5.73 Å². The number of nitrogens with zero attached hydrogens (tertiary/aromatic N) is 1. The zero-order valence-corrected chi connectivity index (χ0v) is 10.7. The van der Waals surface area contributed by atoms with E-state index in [-0.39, 0.29) is 23.7 Å². The van der Waals surface area contributed by atoms with Gasteiger partial charge in [0.1, 0.15) is 0 Å². The minimum Gasteiger partial charge on any atom is -0.549 e. The Kier molecular flexibility index (Phi) is 17.0. The normalized spacial score (nSPS) is 8.83. The number of aliphatic hydroxyl groups excluding tert-OH is 1. The van der Waals surface area contributed by atoms with Gasteiger partial charge in [-0.3, -0.25) is 14.5 Å². The minimum atomic E-state index is -1.51. The molecule has 0 saturated carbocycles. The van der Waals surface area contributed by atoms with E-state index in [4.69, 9.17) is 15.3 Å². The Bertz CT molecular complexity index is 222. The van der Waals surface area contributed by atoms with Crippen molar-refractivity contribution in [2.24, 2.45) is 0 Å². The van der Waals surface area contributed by atoms with E-state index >= 15 is 0 Å². The molecule has 0 aliphatic rings. The summed E-state index contributed by atoms with van der Waals surface area (Å²) in [5, 5.41) is 34.4. The van der Waals surface area contributed by atoms with Gasteiger partial charge in [-0.2, -0.15) is 0 Å². The SMILES string of the molecule is O=C([O-])CN(CC(=O)O)CC(=O)O.[Mn].[NH3+]CCO. The van der Waals surface area contributed by atoms with E-state index in [1.54, 1.807) is 0 Å². The van der Waals surface area contributed by atoms with Crippen molar-refractivity contribution in [2.45, 2.75) is 0 Å². The first-order chi connectivity index (χ1) is 7.83. The number of carbonyl (C=O) groups excluding carboxylic acids is 1. The molecule has 0 aliphatic heterocycles. The number of carbonyl (C=O) groups is 3. The average molecular weight is 307 g/mol. The molecule has 0 saturated heterocycles. The number of hydrogen-bond acceptors (Lipinski definition) is 6. The zero-order chi connectivity index (χ0) is 13.8. The van der Waals surface area contributed by atoms with E-state index in [9.17, 15) is 19.5 Å². The third-order valence-electron chi connectivity index (χ3n) is 1.23. The molecule has 0 aromatic rings. The smallest absolute Gasteiger partial charge is 0.317 e. The van der Waals surface area contributed by atoms with Crippen molar-refractivity contribution in [1.29, 1.82) is 0 Å². The Balaban J connectivity index is -0.000000392. The van der Waals surface area contributed by atoms with Gasteiger partial charge < -0.3 is 31.0 Å². The quantitative estimate of drug-likeness (QED) is 0.341. The molecule has 0 bridgehead atoms. The summed E-state index contributed by atoms with van der Waals surface area (Å²) in [6.07, 6.45) is 0. The third kappa shape index (κ3) is 20.3. The number of aliphatic carboxylic acids is 3. The number of carboxylic acids is 3. The molecule has 0 atom stereocenters. The van der Waals surface area contributed by atoms with Gasteiger partial charge in [-0.1, -0.05) is 0 Å². The van der Waals surface area contributed by atoms with Crippen LogP contribution in [0.5, 0.6) is 0 Å². The first kappa shape index (κ1) is 22.0. The monoisotopic (exact) mass is 307 g/mol. The molecule has 18 heavy (non-hydrogen) atoms. The van der Waals surface area contributed by atoms with Crippen LogP contribution < -0.4 is 10.8 Å². The van der Waals surface area contributed by atoms with Crippen molar-refractivity contribution in [3.8, 4) is 0 Å². The second-order valence-corrected chi connectivity index (χ2v) is 2.88. The summed E-state index contributed by atoms with van der Waals surface area (Å²) in [7, 11) is 0. The molecule has 0 spiro atoms. The molecule has 0 rings (SSSR count). The van der Waals surface area contributed by atoms with E-state index in [0.29, 0.717) is 6.54 Å². The molecule has 6 N–H and O–H groups in total. The van der Waals surface area contributed by atoms with Crippen molar-refractivity contribution in [3.63, 3.8) is 0 Å². The molecule has 0 aromatic heterocycles. The fourth-order valence-corrected chi connectivity index (χ4v) is 0.733. The van der Waals surface area contributed by atoms with Gasteiger partial charge in [0, 0.05) is 23.6 Å². The molecule has 9 nitrogen and oxygen atoms in total. The van der Waals surface area contributed by atoms with Crippen LogP contribution in [0.15, 0.2) is 0 Å². The zero-order valence-electron chi connectivity index (χ0n) is 9.54. The predicted octanol–water partition coefficient (Wildman–Crippen LogP) is -4.57. The second-order valence-electron chi connectivity index (χ2n) is 2.88. The Hall–Kier alpha value is -1.19. The number of aliphatic hydroxyl groups is 1. The molecule has 10 heteroatoms. The topological polar surface area (TPSA) is 166 Å². The first-order valence-electron chi connectivity index (χ1n) is 4.59. The molecule has 0 fully saturated rings. The Labute approximate surface area is 114 Å². The minimum absolute atomic E-state index is 0. The van der Waals surface area contributed by atoms with Gasteiger partial charge in [0.2, 0.25) is 0 Å². The third-order valence-corrected chi connectivity index (χ3v) is 1.23. The summed E-state index contributed by atoms with van der Waals surface area (Å²) in [4.78, 5) is 31.0. The van der Waals surface area contributed by atoms with E-state index in [0.717, 1.165) is 4.90 Å². The van der Waals surface area contributed by atoms with Crippen molar-refractivity contribution in [1.82, 2.24) is 4.90 Å². The van der Waals surface area contributed by atoms with Crippen LogP contribution in [0.4, 0.5) is 0 Å². The molecule has 107 valence electrons. The van der Waals surface area contributed by atoms with Crippen LogP contribution in [0, 0.1) is 0 Å². The van der Waals surface area contributed by atoms with Gasteiger partial charge >= 0.3 is 11.9 Å². The Morgan fingerprint density at radius 1 is 1.06 bits per heavy atom. The maximum Gasteiger partial charge on any atom is 0.317 e. The molecule has 0 unspecified atom stereocenters. The van der Waals surface area contributed by atoms with Gasteiger partial charge in [0.25, 0.3) is 0 Å². The molecule has 0 amide bonds. The Morgan fingerprint density at radius 2 is 1.39 bits per heavy atom. The summed E-state index contributed by atoms with van der Waals surface area (Å²) in [6.45, 7) is -1.15. The summed E-state index contributed by atoms with van der Waals surface area (Å²) < 4.78 is 0. The Morgan fingerprint density at radius 3 is 1.56 bits per heavy atom. The maximum atomic E-state index is 10.1. The van der Waals surface area contributed by atoms with Gasteiger partial charge in [-0.15, -0.1) is 0 Å². The summed E-state index contributed by atoms with van der Waals surface area (Å²) in [6, 6.07) is 0. The van der Waals surface area contributed by atoms with E-state index in [1.807, 2.05) is 0 Å². The van der Waals surface area contributed by atoms with Crippen LogP contribution >= 0.6 is 0 Å². The summed E-state index contributed by atoms with van der Waals surface area (Å²) in [5.41, 5.74) is 3.35. The number of rotatable bonds is 7. The number of quaternary nitrogens is 1. The molecular formula is C8H16MnN2O7. The number of carboxylic acid groups (broad SMARTS) is 3. The molecule has 0 aliphatic carbocycles. The summed E-state index contributed by atoms with van der Waals surface area (Å²) in [5.74, 6) is -4.09. The van der Waals surface area contributed by atoms with Crippen molar-refractivity contribution in [2.75, 3.05) is 32.8 Å². The molecule has 0 aromatic carbocycles. The van der Waals surface area contributed by atoms with Crippen molar-refractivity contribution < 1.29 is 57.6 Å². The van der Waals surface area contributed by atoms with Gasteiger partial charge in [0.15, 0.2) is 0 Å². The van der Waals surface area contributed by atoms with Crippen molar-refractivity contribution in [3.05, 3.63) is 0 Å². The molecular weight excluding hydrogens is 291 g/mol. The summed E-state index contributed by atoms with van der Waals surface area (Å²) >= 11 is 0. The molecule has 1 radical (unpaired) electrons. The average Bonchev–Trinajstić information content (AvgIpc) is 2.14. The fourth-order valence-electron chi connectivity index (χ4n) is 0.733. The van der Waals surface area contributed by atoms with Crippen LogP contribution in [0.3, 0.4) is 0 Å². The molecule has 0 heterocycles. The van der Waals surface area contributed by atoms with Gasteiger partial charge in [-0.25, -0.2) is 0 Å². The van der Waals surface area contributed by atoms with E-state index in [1.165, 1.54) is 0 Å². The standard InChI is InChI=1S/C6H9NO6.C2H7NO.Mn/c8-4(9)1-7(2-5(10)11)3-6(12)13;3-1-2-4;/h1-3H2,(H,8,9)(H,10,11)(H,12,13);4H,1-3H2;. The first-order valence-corrected chi connectivity index (χ1v) is 4.59. The maximum absolute atomic E-state index is 10.1. The predicted molar refractivity (Wildman–Crippen MR) is 51.6 cm³/mol. The van der Waals surface area contributed by atoms with Crippen LogP contribution in [-0.4, -0.2) is 70.9 Å². The van der Waals surface area contributed by atoms with Crippen LogP contribution in [0.25, 0.3) is 0 Å². The second kappa shape index (κ2) is 13.9. The number of hydrogen-bond donors (Lipinski definition) is 4. The van der Waals surface area contributed by atoms with Crippen LogP contribution in [-0.2, 0) is 31.5 Å². The van der Waals surface area contributed by atoms with Crippen LogP contribution in [0.2, 0.25) is 0 Å². The van der Waals surface area contributed by atoms with Crippen molar-refractivity contribution >= 4 is 17.9 Å². The fraction of sp³-hybridized carbons (Fsp3) is 0.625. The van der Waals surface area contributed by atoms with Gasteiger partial charge in [0.05, 0.1) is 32.2 Å². The van der Waals surface area contributed by atoms with Gasteiger partial charge in [-0.05, 0) is 0 Å². The van der Waals surface area contributed by atoms with Crippen LogP contribution in [0.1, 0.15) is 0 Å².